The number of benzene rings is 1. The SMILES string of the molecule is CCN1CC(C)Oc2ccc(S(=O)(=O)NCCC(C)=O)cc21. The molecule has 1 aromatic carbocycles. The van der Waals surface area contributed by atoms with Crippen LogP contribution in [0.25, 0.3) is 0 Å². The van der Waals surface area contributed by atoms with E-state index in [4.69, 9.17) is 4.74 Å². The Hall–Kier alpha value is -1.60. The Morgan fingerprint density at radius 1 is 1.45 bits per heavy atom. The van der Waals surface area contributed by atoms with Crippen molar-refractivity contribution in [1.82, 2.24) is 4.72 Å². The average molecular weight is 326 g/mol. The summed E-state index contributed by atoms with van der Waals surface area (Å²) in [5.41, 5.74) is 0.787. The standard InChI is InChI=1S/C15H22N2O4S/c1-4-17-10-12(3)21-15-6-5-13(9-14(15)17)22(19,20)16-8-7-11(2)18/h5-6,9,12,16H,4,7-8,10H2,1-3H3. The van der Waals surface area contributed by atoms with Gasteiger partial charge in [0, 0.05) is 19.5 Å². The van der Waals surface area contributed by atoms with Crippen molar-refractivity contribution in [3.8, 4) is 5.75 Å². The lowest BCUT2D eigenvalue weighted by Crippen LogP contribution is -2.38. The number of hydrogen-bond acceptors (Lipinski definition) is 5. The molecule has 1 heterocycles. The average Bonchev–Trinajstić information content (AvgIpc) is 2.45. The van der Waals surface area contributed by atoms with E-state index in [9.17, 15) is 13.2 Å². The van der Waals surface area contributed by atoms with Crippen molar-refractivity contribution in [3.05, 3.63) is 18.2 Å². The molecule has 7 heteroatoms. The smallest absolute Gasteiger partial charge is 0.240 e. The second kappa shape index (κ2) is 6.66. The number of sulfonamides is 1. The maximum Gasteiger partial charge on any atom is 0.240 e. The van der Waals surface area contributed by atoms with Gasteiger partial charge in [0.1, 0.15) is 17.6 Å². The van der Waals surface area contributed by atoms with Crippen LogP contribution >= 0.6 is 0 Å². The molecule has 6 nitrogen and oxygen atoms in total. The Balaban J connectivity index is 2.24. The Morgan fingerprint density at radius 3 is 2.82 bits per heavy atom. The number of ether oxygens (including phenoxy) is 1. The van der Waals surface area contributed by atoms with Gasteiger partial charge in [0.05, 0.1) is 17.1 Å². The Morgan fingerprint density at radius 2 is 2.18 bits per heavy atom. The fraction of sp³-hybridized carbons (Fsp3) is 0.533. The summed E-state index contributed by atoms with van der Waals surface area (Å²) in [6, 6.07) is 4.84. The van der Waals surface area contributed by atoms with Crippen molar-refractivity contribution < 1.29 is 17.9 Å². The summed E-state index contributed by atoms with van der Waals surface area (Å²) in [6.07, 6.45) is 0.259. The van der Waals surface area contributed by atoms with Gasteiger partial charge in [-0.15, -0.1) is 0 Å². The molecule has 0 fully saturated rings. The van der Waals surface area contributed by atoms with Crippen LogP contribution < -0.4 is 14.4 Å². The summed E-state index contributed by atoms with van der Waals surface area (Å²) in [7, 11) is -3.62. The predicted molar refractivity (Wildman–Crippen MR) is 84.9 cm³/mol. The van der Waals surface area contributed by atoms with Crippen LogP contribution in [-0.4, -0.2) is 39.9 Å². The second-order valence-electron chi connectivity index (χ2n) is 5.45. The van der Waals surface area contributed by atoms with Gasteiger partial charge in [-0.25, -0.2) is 13.1 Å². The highest BCUT2D eigenvalue weighted by atomic mass is 32.2. The Bertz CT molecular complexity index is 658. The molecule has 0 aromatic heterocycles. The minimum absolute atomic E-state index is 0.0484. The van der Waals surface area contributed by atoms with Gasteiger partial charge in [0.15, 0.2) is 0 Å². The zero-order chi connectivity index (χ0) is 16.3. The van der Waals surface area contributed by atoms with E-state index in [1.807, 2.05) is 13.8 Å². The van der Waals surface area contributed by atoms with E-state index in [0.717, 1.165) is 18.8 Å². The van der Waals surface area contributed by atoms with E-state index in [0.29, 0.717) is 5.75 Å². The molecule has 0 spiro atoms. The van der Waals surface area contributed by atoms with Crippen molar-refractivity contribution >= 4 is 21.5 Å². The Kier molecular flexibility index (Phi) is 5.08. The highest BCUT2D eigenvalue weighted by Crippen LogP contribution is 2.35. The normalized spacial score (nSPS) is 17.8. The van der Waals surface area contributed by atoms with Crippen molar-refractivity contribution in [1.29, 1.82) is 0 Å². The molecule has 0 amide bonds. The van der Waals surface area contributed by atoms with Gasteiger partial charge in [-0.05, 0) is 39.0 Å². The van der Waals surface area contributed by atoms with Gasteiger partial charge in [0.25, 0.3) is 0 Å². The maximum absolute atomic E-state index is 12.3. The number of ketones is 1. The molecule has 1 aromatic rings. The van der Waals surface area contributed by atoms with E-state index in [-0.39, 0.29) is 29.7 Å². The lowest BCUT2D eigenvalue weighted by Gasteiger charge is -2.34. The summed E-state index contributed by atoms with van der Waals surface area (Å²) in [5, 5.41) is 0. The first-order valence-electron chi connectivity index (χ1n) is 7.38. The number of rotatable bonds is 6. The van der Waals surface area contributed by atoms with Crippen molar-refractivity contribution in [2.24, 2.45) is 0 Å². The summed E-state index contributed by atoms with van der Waals surface area (Å²) < 4.78 is 32.7. The van der Waals surface area contributed by atoms with E-state index < -0.39 is 10.0 Å². The van der Waals surface area contributed by atoms with Gasteiger partial charge in [-0.3, -0.25) is 4.79 Å². The third-order valence-electron chi connectivity index (χ3n) is 3.54. The molecule has 0 saturated carbocycles. The van der Waals surface area contributed by atoms with Crippen molar-refractivity contribution in [2.45, 2.75) is 38.2 Å². The molecule has 0 bridgehead atoms. The number of likely N-dealkylation sites (N-methyl/N-ethyl adjacent to an activating group) is 1. The molecule has 1 unspecified atom stereocenters. The molecule has 1 aliphatic rings. The summed E-state index contributed by atoms with van der Waals surface area (Å²) in [6.45, 7) is 7.06. The molecule has 1 aliphatic heterocycles. The van der Waals surface area contributed by atoms with Gasteiger partial charge in [-0.2, -0.15) is 0 Å². The fourth-order valence-electron chi connectivity index (χ4n) is 2.42. The number of carbonyl (C=O) groups excluding carboxylic acids is 1. The molecule has 1 atom stereocenters. The third kappa shape index (κ3) is 3.78. The lowest BCUT2D eigenvalue weighted by molar-refractivity contribution is -0.116. The highest BCUT2D eigenvalue weighted by Gasteiger charge is 2.24. The molecule has 0 aliphatic carbocycles. The minimum Gasteiger partial charge on any atom is -0.487 e. The first kappa shape index (κ1) is 16.8. The maximum atomic E-state index is 12.3. The van der Waals surface area contributed by atoms with Gasteiger partial charge < -0.3 is 9.64 Å². The van der Waals surface area contributed by atoms with Gasteiger partial charge in [-0.1, -0.05) is 0 Å². The number of nitrogens with zero attached hydrogens (tertiary/aromatic N) is 1. The van der Waals surface area contributed by atoms with Crippen LogP contribution in [-0.2, 0) is 14.8 Å². The predicted octanol–water partition coefficient (Wildman–Crippen LogP) is 1.55. The van der Waals surface area contributed by atoms with Crippen LogP contribution in [0, 0.1) is 0 Å². The highest BCUT2D eigenvalue weighted by molar-refractivity contribution is 7.89. The molecule has 1 N–H and O–H groups in total. The van der Waals surface area contributed by atoms with Crippen LogP contribution in [0.5, 0.6) is 5.75 Å². The summed E-state index contributed by atoms with van der Waals surface area (Å²) in [5.74, 6) is 0.649. The minimum atomic E-state index is -3.62. The zero-order valence-electron chi connectivity index (χ0n) is 13.1. The van der Waals surface area contributed by atoms with E-state index in [1.165, 1.54) is 13.0 Å². The van der Waals surface area contributed by atoms with Gasteiger partial charge in [0.2, 0.25) is 10.0 Å². The lowest BCUT2D eigenvalue weighted by atomic mass is 10.2. The number of anilines is 1. The van der Waals surface area contributed by atoms with E-state index in [1.54, 1.807) is 12.1 Å². The summed E-state index contributed by atoms with van der Waals surface area (Å²) in [4.78, 5) is 13.2. The third-order valence-corrected chi connectivity index (χ3v) is 5.00. The molecule has 122 valence electrons. The van der Waals surface area contributed by atoms with Crippen LogP contribution in [0.2, 0.25) is 0 Å². The zero-order valence-corrected chi connectivity index (χ0v) is 13.9. The first-order valence-corrected chi connectivity index (χ1v) is 8.86. The molecular formula is C15H22N2O4S. The van der Waals surface area contributed by atoms with Crippen LogP contribution in [0.1, 0.15) is 27.2 Å². The molecule has 0 saturated heterocycles. The fourth-order valence-corrected chi connectivity index (χ4v) is 3.47. The number of Topliss-reactive ketones (excluding diaryl/α,β-unsaturated/α-hetero) is 1. The molecule has 22 heavy (non-hydrogen) atoms. The second-order valence-corrected chi connectivity index (χ2v) is 7.21. The first-order chi connectivity index (χ1) is 10.3. The largest absolute Gasteiger partial charge is 0.487 e. The summed E-state index contributed by atoms with van der Waals surface area (Å²) >= 11 is 0. The van der Waals surface area contributed by atoms with Gasteiger partial charge >= 0.3 is 0 Å². The van der Waals surface area contributed by atoms with Crippen LogP contribution in [0.15, 0.2) is 23.1 Å². The molecule has 2 rings (SSSR count). The number of nitrogens with one attached hydrogen (secondary N) is 1. The van der Waals surface area contributed by atoms with E-state index in [2.05, 4.69) is 9.62 Å². The number of fused-ring (bicyclic) bond motifs is 1. The molecular weight excluding hydrogens is 304 g/mol. The number of hydrogen-bond donors (Lipinski definition) is 1. The Labute approximate surface area is 131 Å². The number of carbonyl (C=O) groups is 1. The quantitative estimate of drug-likeness (QED) is 0.858. The van der Waals surface area contributed by atoms with Crippen LogP contribution in [0.4, 0.5) is 5.69 Å². The van der Waals surface area contributed by atoms with Crippen LogP contribution in [0.3, 0.4) is 0 Å². The van der Waals surface area contributed by atoms with Crippen molar-refractivity contribution in [2.75, 3.05) is 24.5 Å². The van der Waals surface area contributed by atoms with Crippen molar-refractivity contribution in [3.63, 3.8) is 0 Å². The topological polar surface area (TPSA) is 75.7 Å². The molecule has 0 radical (unpaired) electrons. The van der Waals surface area contributed by atoms with E-state index >= 15 is 0 Å². The monoisotopic (exact) mass is 326 g/mol.